The van der Waals surface area contributed by atoms with Gasteiger partial charge in [0.25, 0.3) is 5.91 Å². The zero-order valence-corrected chi connectivity index (χ0v) is 17.1. The lowest BCUT2D eigenvalue weighted by Gasteiger charge is -2.10. The zero-order valence-electron chi connectivity index (χ0n) is 14.0. The van der Waals surface area contributed by atoms with Crippen molar-refractivity contribution in [2.45, 2.75) is 4.90 Å². The first-order valence-corrected chi connectivity index (χ1v) is 10.6. The summed E-state index contributed by atoms with van der Waals surface area (Å²) in [7, 11) is -2.33. The van der Waals surface area contributed by atoms with Crippen molar-refractivity contribution >= 4 is 66.1 Å². The Morgan fingerprint density at radius 2 is 1.96 bits per heavy atom. The number of carbonyl (C=O) groups is 1. The molecule has 1 amide bonds. The molecule has 0 aliphatic heterocycles. The molecule has 1 N–H and O–H groups in total. The number of sulfone groups is 1. The Morgan fingerprint density at radius 3 is 2.63 bits per heavy atom. The number of carbonyl (C=O) groups excluding carboxylic acids is 1. The zero-order chi connectivity index (χ0) is 19.8. The maximum Gasteiger partial charge on any atom is 0.267 e. The maximum atomic E-state index is 12.6. The molecule has 9 heteroatoms. The lowest BCUT2D eigenvalue weighted by atomic mass is 10.2. The number of halogens is 2. The SMILES string of the molecule is C=CS(=O)(=O)c1ccc(NC(=O)c2sc3cc(Cl)ccc3c2Cl)cc1OC. The number of hydrogen-bond acceptors (Lipinski definition) is 5. The number of methoxy groups -OCH3 is 1. The van der Waals surface area contributed by atoms with E-state index in [4.69, 9.17) is 27.9 Å². The lowest BCUT2D eigenvalue weighted by Crippen LogP contribution is -2.11. The number of benzene rings is 2. The van der Waals surface area contributed by atoms with Crippen LogP contribution in [0.3, 0.4) is 0 Å². The Bertz CT molecular complexity index is 1170. The van der Waals surface area contributed by atoms with E-state index in [2.05, 4.69) is 11.9 Å². The predicted molar refractivity (Wildman–Crippen MR) is 110 cm³/mol. The minimum absolute atomic E-state index is 0.0347. The molecule has 0 bridgehead atoms. The highest BCUT2D eigenvalue weighted by Gasteiger charge is 2.20. The highest BCUT2D eigenvalue weighted by atomic mass is 35.5. The van der Waals surface area contributed by atoms with Gasteiger partial charge in [0.2, 0.25) is 9.84 Å². The molecule has 2 aromatic carbocycles. The van der Waals surface area contributed by atoms with Crippen LogP contribution >= 0.6 is 34.5 Å². The summed E-state index contributed by atoms with van der Waals surface area (Å²) < 4.78 is 29.9. The molecular weight excluding hydrogens is 429 g/mol. The Kier molecular flexibility index (Phi) is 5.48. The Hall–Kier alpha value is -2.06. The van der Waals surface area contributed by atoms with Gasteiger partial charge in [0, 0.05) is 32.3 Å². The van der Waals surface area contributed by atoms with E-state index in [9.17, 15) is 13.2 Å². The van der Waals surface area contributed by atoms with Gasteiger partial charge in [-0.15, -0.1) is 11.3 Å². The number of thiophene rings is 1. The third-order valence-corrected chi connectivity index (χ3v) is 7.03. The standard InChI is InChI=1S/C18H13Cl2NO4S2/c1-3-27(23,24)15-7-5-11(9-13(15)25-2)21-18(22)17-16(20)12-6-4-10(19)8-14(12)26-17/h3-9H,1H2,2H3,(H,21,22). The van der Waals surface area contributed by atoms with Crippen LogP contribution in [-0.2, 0) is 9.84 Å². The van der Waals surface area contributed by atoms with Crippen LogP contribution in [0.25, 0.3) is 10.1 Å². The van der Waals surface area contributed by atoms with Crippen molar-refractivity contribution in [3.63, 3.8) is 0 Å². The van der Waals surface area contributed by atoms with E-state index in [1.807, 2.05) is 0 Å². The van der Waals surface area contributed by atoms with Gasteiger partial charge in [-0.2, -0.15) is 0 Å². The van der Waals surface area contributed by atoms with Crippen LogP contribution in [0.5, 0.6) is 5.75 Å². The maximum absolute atomic E-state index is 12.6. The fourth-order valence-corrected chi connectivity index (χ4v) is 4.99. The summed E-state index contributed by atoms with van der Waals surface area (Å²) in [6.45, 7) is 3.30. The normalized spacial score (nSPS) is 11.4. The molecule has 0 atom stereocenters. The van der Waals surface area contributed by atoms with Gasteiger partial charge in [0.15, 0.2) is 0 Å². The second-order valence-corrected chi connectivity index (χ2v) is 9.15. The van der Waals surface area contributed by atoms with E-state index in [1.165, 1.54) is 36.6 Å². The first kappa shape index (κ1) is 19.7. The summed E-state index contributed by atoms with van der Waals surface area (Å²) in [5.74, 6) is -0.319. The topological polar surface area (TPSA) is 72.5 Å². The van der Waals surface area contributed by atoms with Gasteiger partial charge in [-0.3, -0.25) is 4.79 Å². The second-order valence-electron chi connectivity index (χ2n) is 5.42. The fraction of sp³-hybridized carbons (Fsp3) is 0.0556. The third kappa shape index (κ3) is 3.82. The van der Waals surface area contributed by atoms with E-state index in [-0.39, 0.29) is 10.6 Å². The summed E-state index contributed by atoms with van der Waals surface area (Å²) in [4.78, 5) is 12.9. The van der Waals surface area contributed by atoms with Gasteiger partial charge >= 0.3 is 0 Å². The van der Waals surface area contributed by atoms with Crippen LogP contribution in [0.15, 0.2) is 53.3 Å². The van der Waals surface area contributed by atoms with E-state index < -0.39 is 15.7 Å². The van der Waals surface area contributed by atoms with Gasteiger partial charge in [-0.05, 0) is 24.3 Å². The average molecular weight is 442 g/mol. The molecule has 0 fully saturated rings. The molecule has 0 spiro atoms. The van der Waals surface area contributed by atoms with Gasteiger partial charge < -0.3 is 10.1 Å². The van der Waals surface area contributed by atoms with Gasteiger partial charge in [-0.1, -0.05) is 35.8 Å². The largest absolute Gasteiger partial charge is 0.495 e. The van der Waals surface area contributed by atoms with Crippen LogP contribution in [0.2, 0.25) is 10.0 Å². The van der Waals surface area contributed by atoms with E-state index in [1.54, 1.807) is 18.2 Å². The van der Waals surface area contributed by atoms with Crippen molar-refractivity contribution < 1.29 is 17.9 Å². The van der Waals surface area contributed by atoms with Crippen molar-refractivity contribution in [2.75, 3.05) is 12.4 Å². The van der Waals surface area contributed by atoms with Crippen LogP contribution in [0.1, 0.15) is 9.67 Å². The molecule has 27 heavy (non-hydrogen) atoms. The highest BCUT2D eigenvalue weighted by Crippen LogP contribution is 2.37. The first-order valence-electron chi connectivity index (χ1n) is 7.51. The molecule has 0 saturated heterocycles. The first-order chi connectivity index (χ1) is 12.8. The number of anilines is 1. The van der Waals surface area contributed by atoms with Crippen LogP contribution in [-0.4, -0.2) is 21.4 Å². The molecule has 0 radical (unpaired) electrons. The molecule has 3 rings (SSSR count). The summed E-state index contributed by atoms with van der Waals surface area (Å²) in [6.07, 6.45) is 0. The molecule has 5 nitrogen and oxygen atoms in total. The number of hydrogen-bond donors (Lipinski definition) is 1. The summed E-state index contributed by atoms with van der Waals surface area (Å²) in [5.41, 5.74) is 0.367. The molecule has 140 valence electrons. The Labute approximate surface area is 170 Å². The number of rotatable bonds is 5. The molecule has 0 saturated carbocycles. The fourth-order valence-electron chi connectivity index (χ4n) is 2.44. The molecule has 1 heterocycles. The predicted octanol–water partition coefficient (Wildman–Crippen LogP) is 5.39. The molecule has 3 aromatic rings. The van der Waals surface area contributed by atoms with Crippen molar-refractivity contribution in [1.82, 2.24) is 0 Å². The van der Waals surface area contributed by atoms with Gasteiger partial charge in [0.05, 0.1) is 12.1 Å². The van der Waals surface area contributed by atoms with Gasteiger partial charge in [0.1, 0.15) is 15.5 Å². The lowest BCUT2D eigenvalue weighted by molar-refractivity contribution is 0.103. The number of nitrogens with one attached hydrogen (secondary N) is 1. The molecule has 1 aromatic heterocycles. The number of fused-ring (bicyclic) bond motifs is 1. The second kappa shape index (κ2) is 7.52. The van der Waals surface area contributed by atoms with Crippen molar-refractivity contribution in [2.24, 2.45) is 0 Å². The van der Waals surface area contributed by atoms with E-state index >= 15 is 0 Å². The Morgan fingerprint density at radius 1 is 1.22 bits per heavy atom. The third-order valence-electron chi connectivity index (χ3n) is 3.75. The number of amides is 1. The quantitative estimate of drug-likeness (QED) is 0.576. The summed E-state index contributed by atoms with van der Waals surface area (Å²) in [6, 6.07) is 9.43. The van der Waals surface area contributed by atoms with Crippen LogP contribution in [0, 0.1) is 0 Å². The molecular formula is C18H13Cl2NO4S2. The van der Waals surface area contributed by atoms with E-state index in [0.717, 1.165) is 15.5 Å². The minimum Gasteiger partial charge on any atom is -0.495 e. The van der Waals surface area contributed by atoms with Crippen molar-refractivity contribution in [3.05, 3.63) is 63.3 Å². The summed E-state index contributed by atoms with van der Waals surface area (Å²) in [5, 5.41) is 5.16. The minimum atomic E-state index is -3.67. The monoisotopic (exact) mass is 441 g/mol. The molecule has 0 unspecified atom stereocenters. The van der Waals surface area contributed by atoms with Gasteiger partial charge in [-0.25, -0.2) is 8.42 Å². The van der Waals surface area contributed by atoms with E-state index in [0.29, 0.717) is 20.6 Å². The smallest absolute Gasteiger partial charge is 0.267 e. The average Bonchev–Trinajstić information content (AvgIpc) is 2.97. The van der Waals surface area contributed by atoms with Crippen molar-refractivity contribution in [3.8, 4) is 5.75 Å². The Balaban J connectivity index is 1.95. The summed E-state index contributed by atoms with van der Waals surface area (Å²) >= 11 is 13.5. The van der Waals surface area contributed by atoms with Crippen LogP contribution < -0.4 is 10.1 Å². The van der Waals surface area contributed by atoms with Crippen LogP contribution in [0.4, 0.5) is 5.69 Å². The number of ether oxygens (including phenoxy) is 1. The highest BCUT2D eigenvalue weighted by molar-refractivity contribution is 7.94. The van der Waals surface area contributed by atoms with Crippen molar-refractivity contribution in [1.29, 1.82) is 0 Å². The molecule has 0 aliphatic rings. The molecule has 0 aliphatic carbocycles.